The van der Waals surface area contributed by atoms with Crippen molar-refractivity contribution in [3.63, 3.8) is 0 Å². The second-order valence-corrected chi connectivity index (χ2v) is 7.40. The van der Waals surface area contributed by atoms with Crippen molar-refractivity contribution in [2.75, 3.05) is 18.9 Å². The maximum absolute atomic E-state index is 12.6. The Morgan fingerprint density at radius 1 is 1.35 bits per heavy atom. The lowest BCUT2D eigenvalue weighted by atomic mass is 10.1. The molecule has 20 heavy (non-hydrogen) atoms. The molecule has 0 fully saturated rings. The zero-order valence-electron chi connectivity index (χ0n) is 12.9. The van der Waals surface area contributed by atoms with Crippen LogP contribution in [0.3, 0.4) is 0 Å². The standard InChI is InChI=1S/C14H25N3O2S/c1-6-15-14-10-13(7-8-16-14)20(18,19)17(5)12(4)9-11(2)3/h7-8,10-12H,6,9H2,1-5H3,(H,15,16). The van der Waals surface area contributed by atoms with Gasteiger partial charge in [-0.15, -0.1) is 0 Å². The van der Waals surface area contributed by atoms with Crippen molar-refractivity contribution in [2.45, 2.75) is 45.1 Å². The second kappa shape index (κ2) is 7.04. The van der Waals surface area contributed by atoms with Crippen LogP contribution in [0.4, 0.5) is 5.82 Å². The van der Waals surface area contributed by atoms with E-state index in [4.69, 9.17) is 0 Å². The molecule has 1 N–H and O–H groups in total. The Kier molecular flexibility index (Phi) is 5.95. The van der Waals surface area contributed by atoms with Crippen molar-refractivity contribution >= 4 is 15.8 Å². The maximum Gasteiger partial charge on any atom is 0.243 e. The molecule has 6 heteroatoms. The van der Waals surface area contributed by atoms with Crippen molar-refractivity contribution in [1.29, 1.82) is 0 Å². The van der Waals surface area contributed by atoms with Gasteiger partial charge in [-0.2, -0.15) is 4.31 Å². The first-order chi connectivity index (χ1) is 9.28. The molecule has 1 atom stereocenters. The molecular formula is C14H25N3O2S. The van der Waals surface area contributed by atoms with E-state index in [0.717, 1.165) is 6.42 Å². The number of hydrogen-bond acceptors (Lipinski definition) is 4. The van der Waals surface area contributed by atoms with Crippen LogP contribution in [0, 0.1) is 5.92 Å². The van der Waals surface area contributed by atoms with Gasteiger partial charge in [-0.05, 0) is 32.3 Å². The van der Waals surface area contributed by atoms with Gasteiger partial charge < -0.3 is 5.32 Å². The highest BCUT2D eigenvalue weighted by molar-refractivity contribution is 7.89. The van der Waals surface area contributed by atoms with Crippen LogP contribution in [-0.4, -0.2) is 37.3 Å². The SMILES string of the molecule is CCNc1cc(S(=O)(=O)N(C)C(C)CC(C)C)ccn1. The first kappa shape index (κ1) is 16.9. The van der Waals surface area contributed by atoms with Crippen molar-refractivity contribution < 1.29 is 8.42 Å². The average Bonchev–Trinajstić information content (AvgIpc) is 2.37. The summed E-state index contributed by atoms with van der Waals surface area (Å²) >= 11 is 0. The second-order valence-electron chi connectivity index (χ2n) is 5.41. The Hall–Kier alpha value is -1.14. The van der Waals surface area contributed by atoms with Gasteiger partial charge in [0.25, 0.3) is 0 Å². The Morgan fingerprint density at radius 2 is 2.00 bits per heavy atom. The molecule has 0 saturated heterocycles. The molecule has 0 aliphatic heterocycles. The Labute approximate surface area is 122 Å². The van der Waals surface area contributed by atoms with Crippen molar-refractivity contribution in [3.8, 4) is 0 Å². The van der Waals surface area contributed by atoms with Gasteiger partial charge in [0.2, 0.25) is 10.0 Å². The number of hydrogen-bond donors (Lipinski definition) is 1. The molecule has 5 nitrogen and oxygen atoms in total. The fraction of sp³-hybridized carbons (Fsp3) is 0.643. The molecule has 0 saturated carbocycles. The highest BCUT2D eigenvalue weighted by Gasteiger charge is 2.26. The molecule has 0 radical (unpaired) electrons. The summed E-state index contributed by atoms with van der Waals surface area (Å²) in [6.07, 6.45) is 2.35. The van der Waals surface area contributed by atoms with E-state index in [1.54, 1.807) is 13.1 Å². The topological polar surface area (TPSA) is 62.3 Å². The fourth-order valence-electron chi connectivity index (χ4n) is 2.08. The van der Waals surface area contributed by atoms with E-state index >= 15 is 0 Å². The first-order valence-corrected chi connectivity index (χ1v) is 8.41. The zero-order valence-corrected chi connectivity index (χ0v) is 13.7. The number of nitrogens with one attached hydrogen (secondary N) is 1. The third-order valence-electron chi connectivity index (χ3n) is 3.20. The van der Waals surface area contributed by atoms with Gasteiger partial charge in [0.1, 0.15) is 5.82 Å². The number of anilines is 1. The predicted molar refractivity (Wildman–Crippen MR) is 82.3 cm³/mol. The molecule has 0 amide bonds. The summed E-state index contributed by atoms with van der Waals surface area (Å²) in [6.45, 7) is 8.76. The van der Waals surface area contributed by atoms with Gasteiger partial charge in [-0.25, -0.2) is 13.4 Å². The Balaban J connectivity index is 3.00. The largest absolute Gasteiger partial charge is 0.370 e. The minimum atomic E-state index is -3.47. The van der Waals surface area contributed by atoms with Crippen LogP contribution in [0.1, 0.15) is 34.1 Å². The molecule has 0 aliphatic carbocycles. The van der Waals surface area contributed by atoms with Crippen LogP contribution in [0.5, 0.6) is 0 Å². The number of aromatic nitrogens is 1. The number of pyridine rings is 1. The molecule has 1 unspecified atom stereocenters. The van der Waals surface area contributed by atoms with Crippen LogP contribution in [0.2, 0.25) is 0 Å². The summed E-state index contributed by atoms with van der Waals surface area (Å²) in [6, 6.07) is 3.09. The van der Waals surface area contributed by atoms with Gasteiger partial charge in [-0.3, -0.25) is 0 Å². The molecule has 1 aromatic heterocycles. The Bertz CT molecular complexity index is 529. The smallest absolute Gasteiger partial charge is 0.243 e. The van der Waals surface area contributed by atoms with Gasteiger partial charge in [0.15, 0.2) is 0 Å². The predicted octanol–water partition coefficient (Wildman–Crippen LogP) is 2.57. The number of sulfonamides is 1. The first-order valence-electron chi connectivity index (χ1n) is 6.97. The monoisotopic (exact) mass is 299 g/mol. The molecule has 0 aliphatic rings. The fourth-order valence-corrected chi connectivity index (χ4v) is 3.47. The van der Waals surface area contributed by atoms with Crippen LogP contribution in [0.15, 0.2) is 23.2 Å². The van der Waals surface area contributed by atoms with Crippen LogP contribution in [-0.2, 0) is 10.0 Å². The van der Waals surface area contributed by atoms with Crippen LogP contribution >= 0.6 is 0 Å². The molecule has 114 valence electrons. The van der Waals surface area contributed by atoms with E-state index in [0.29, 0.717) is 18.3 Å². The molecule has 0 bridgehead atoms. The van der Waals surface area contributed by atoms with E-state index in [1.165, 1.54) is 16.6 Å². The molecule has 1 rings (SSSR count). The quantitative estimate of drug-likeness (QED) is 0.840. The molecule has 1 heterocycles. The summed E-state index contributed by atoms with van der Waals surface area (Å²) < 4.78 is 26.6. The summed E-state index contributed by atoms with van der Waals surface area (Å²) in [5.74, 6) is 1.04. The van der Waals surface area contributed by atoms with Crippen LogP contribution < -0.4 is 5.32 Å². The summed E-state index contributed by atoms with van der Waals surface area (Å²) in [5, 5.41) is 3.03. The van der Waals surface area contributed by atoms with Gasteiger partial charge in [0.05, 0.1) is 4.90 Å². The third kappa shape index (κ3) is 4.18. The van der Waals surface area contributed by atoms with Gasteiger partial charge >= 0.3 is 0 Å². The molecule has 0 aromatic carbocycles. The molecular weight excluding hydrogens is 274 g/mol. The van der Waals surface area contributed by atoms with Crippen LogP contribution in [0.25, 0.3) is 0 Å². The zero-order chi connectivity index (χ0) is 15.3. The van der Waals surface area contributed by atoms with E-state index in [-0.39, 0.29) is 10.9 Å². The number of rotatable bonds is 7. The van der Waals surface area contributed by atoms with Crippen molar-refractivity contribution in [3.05, 3.63) is 18.3 Å². The third-order valence-corrected chi connectivity index (χ3v) is 5.17. The van der Waals surface area contributed by atoms with Gasteiger partial charge in [-0.1, -0.05) is 13.8 Å². The van der Waals surface area contributed by atoms with E-state index < -0.39 is 10.0 Å². The number of nitrogens with zero attached hydrogens (tertiary/aromatic N) is 2. The summed E-state index contributed by atoms with van der Waals surface area (Å²) in [7, 11) is -1.84. The molecule has 0 spiro atoms. The lowest BCUT2D eigenvalue weighted by molar-refractivity contribution is 0.338. The average molecular weight is 299 g/mol. The van der Waals surface area contributed by atoms with E-state index in [2.05, 4.69) is 24.1 Å². The van der Waals surface area contributed by atoms with Crippen molar-refractivity contribution in [2.24, 2.45) is 5.92 Å². The summed E-state index contributed by atoms with van der Waals surface area (Å²) in [5.41, 5.74) is 0. The Morgan fingerprint density at radius 3 is 2.55 bits per heavy atom. The van der Waals surface area contributed by atoms with E-state index in [9.17, 15) is 8.42 Å². The highest BCUT2D eigenvalue weighted by atomic mass is 32.2. The lowest BCUT2D eigenvalue weighted by Crippen LogP contribution is -2.35. The minimum Gasteiger partial charge on any atom is -0.370 e. The van der Waals surface area contributed by atoms with E-state index in [1.807, 2.05) is 13.8 Å². The lowest BCUT2D eigenvalue weighted by Gasteiger charge is -2.25. The van der Waals surface area contributed by atoms with Crippen molar-refractivity contribution in [1.82, 2.24) is 9.29 Å². The maximum atomic E-state index is 12.6. The normalized spacial score (nSPS) is 13.8. The highest BCUT2D eigenvalue weighted by Crippen LogP contribution is 2.21. The van der Waals surface area contributed by atoms with Gasteiger partial charge in [0, 0.05) is 31.9 Å². The summed E-state index contributed by atoms with van der Waals surface area (Å²) in [4.78, 5) is 4.38. The minimum absolute atomic E-state index is 0.0317. The molecule has 1 aromatic rings.